The molecule has 0 amide bonds. The summed E-state index contributed by atoms with van der Waals surface area (Å²) in [7, 11) is 1.83. The summed E-state index contributed by atoms with van der Waals surface area (Å²) >= 11 is 0. The third-order valence-corrected chi connectivity index (χ3v) is 1.52. The Morgan fingerprint density at radius 2 is 2.17 bits per heavy atom. The number of anilines is 1. The number of hydrogen-bond acceptors (Lipinski definition) is 4. The Morgan fingerprint density at radius 3 is 2.67 bits per heavy atom. The van der Waals surface area contributed by atoms with Crippen molar-refractivity contribution in [3.63, 3.8) is 0 Å². The van der Waals surface area contributed by atoms with Gasteiger partial charge in [-0.05, 0) is 6.54 Å². The Hall–Kier alpha value is -1.16. The maximum absolute atomic E-state index is 4.20. The first-order valence-corrected chi connectivity index (χ1v) is 4.06. The topological polar surface area (TPSA) is 49.8 Å². The van der Waals surface area contributed by atoms with Gasteiger partial charge in [0.25, 0.3) is 0 Å². The summed E-state index contributed by atoms with van der Waals surface area (Å²) in [5.41, 5.74) is 0.968. The first-order valence-electron chi connectivity index (χ1n) is 4.06. The molecule has 1 heterocycles. The summed E-state index contributed by atoms with van der Waals surface area (Å²) < 4.78 is 0. The molecule has 1 aromatic rings. The van der Waals surface area contributed by atoms with Gasteiger partial charge in [-0.25, -0.2) is 4.98 Å². The van der Waals surface area contributed by atoms with Crippen molar-refractivity contribution in [1.82, 2.24) is 15.3 Å². The molecule has 0 aromatic carbocycles. The van der Waals surface area contributed by atoms with Gasteiger partial charge in [0.15, 0.2) is 0 Å². The minimum atomic E-state index is 0.785. The Labute approximate surface area is 72.4 Å². The molecule has 0 spiro atoms. The van der Waals surface area contributed by atoms with Crippen LogP contribution in [0.3, 0.4) is 0 Å². The first-order chi connectivity index (χ1) is 5.86. The molecule has 0 radical (unpaired) electrons. The molecule has 1 aromatic heterocycles. The predicted molar refractivity (Wildman–Crippen MR) is 49.0 cm³/mol. The number of nitrogens with one attached hydrogen (secondary N) is 2. The van der Waals surface area contributed by atoms with E-state index in [0.29, 0.717) is 0 Å². The van der Waals surface area contributed by atoms with E-state index in [-0.39, 0.29) is 0 Å². The molecule has 0 atom stereocenters. The molecular formula is C8H14N4. The van der Waals surface area contributed by atoms with Gasteiger partial charge in [0.05, 0.1) is 18.1 Å². The van der Waals surface area contributed by atoms with Gasteiger partial charge >= 0.3 is 0 Å². The van der Waals surface area contributed by atoms with Crippen LogP contribution in [-0.4, -0.2) is 23.6 Å². The number of rotatable bonds is 4. The largest absolute Gasteiger partial charge is 0.372 e. The summed E-state index contributed by atoms with van der Waals surface area (Å²) in [6, 6.07) is 0. The average molecular weight is 166 g/mol. The molecule has 2 N–H and O–H groups in total. The van der Waals surface area contributed by atoms with E-state index in [2.05, 4.69) is 27.5 Å². The first kappa shape index (κ1) is 8.93. The van der Waals surface area contributed by atoms with Crippen molar-refractivity contribution in [1.29, 1.82) is 0 Å². The lowest BCUT2D eigenvalue weighted by Crippen LogP contribution is -2.13. The van der Waals surface area contributed by atoms with Gasteiger partial charge in [-0.1, -0.05) is 6.92 Å². The lowest BCUT2D eigenvalue weighted by molar-refractivity contribution is 0.707. The molecule has 0 aliphatic carbocycles. The summed E-state index contributed by atoms with van der Waals surface area (Å²) in [6.45, 7) is 3.80. The monoisotopic (exact) mass is 166 g/mol. The molecule has 0 unspecified atom stereocenters. The van der Waals surface area contributed by atoms with Gasteiger partial charge in [0.2, 0.25) is 0 Å². The van der Waals surface area contributed by atoms with Crippen molar-refractivity contribution in [2.45, 2.75) is 13.5 Å². The molecule has 4 nitrogen and oxygen atoms in total. The smallest absolute Gasteiger partial charge is 0.144 e. The van der Waals surface area contributed by atoms with Gasteiger partial charge in [-0.3, -0.25) is 4.98 Å². The summed E-state index contributed by atoms with van der Waals surface area (Å²) in [5, 5.41) is 6.10. The van der Waals surface area contributed by atoms with E-state index < -0.39 is 0 Å². The van der Waals surface area contributed by atoms with Gasteiger partial charge in [-0.2, -0.15) is 0 Å². The van der Waals surface area contributed by atoms with Crippen molar-refractivity contribution in [3.05, 3.63) is 18.1 Å². The quantitative estimate of drug-likeness (QED) is 0.688. The summed E-state index contributed by atoms with van der Waals surface area (Å²) in [5.74, 6) is 0.801. The van der Waals surface area contributed by atoms with E-state index in [4.69, 9.17) is 0 Å². The van der Waals surface area contributed by atoms with Crippen molar-refractivity contribution < 1.29 is 0 Å². The Kier molecular flexibility index (Phi) is 3.47. The highest BCUT2D eigenvalue weighted by atomic mass is 15.0. The highest BCUT2D eigenvalue weighted by Gasteiger charge is 1.93. The minimum Gasteiger partial charge on any atom is -0.372 e. The van der Waals surface area contributed by atoms with Crippen LogP contribution in [0.5, 0.6) is 0 Å². The maximum Gasteiger partial charge on any atom is 0.144 e. The standard InChI is InChI=1S/C8H14N4/c1-3-10-4-7-5-12-8(9-2)6-11-7/h5-6,10H,3-4H2,1-2H3,(H,9,12). The van der Waals surface area contributed by atoms with Crippen LogP contribution >= 0.6 is 0 Å². The third kappa shape index (κ3) is 2.47. The maximum atomic E-state index is 4.20. The highest BCUT2D eigenvalue weighted by molar-refractivity contribution is 5.29. The number of nitrogens with zero attached hydrogens (tertiary/aromatic N) is 2. The fourth-order valence-corrected chi connectivity index (χ4v) is 0.828. The summed E-state index contributed by atoms with van der Waals surface area (Å²) in [6.07, 6.45) is 3.50. The number of hydrogen-bond donors (Lipinski definition) is 2. The molecule has 12 heavy (non-hydrogen) atoms. The lowest BCUT2D eigenvalue weighted by atomic mass is 10.4. The Bertz CT molecular complexity index is 219. The molecule has 66 valence electrons. The van der Waals surface area contributed by atoms with Crippen LogP contribution < -0.4 is 10.6 Å². The molecule has 0 saturated carbocycles. The van der Waals surface area contributed by atoms with Crippen LogP contribution in [0.25, 0.3) is 0 Å². The van der Waals surface area contributed by atoms with Crippen LogP contribution in [0.15, 0.2) is 12.4 Å². The predicted octanol–water partition coefficient (Wildman–Crippen LogP) is 0.628. The van der Waals surface area contributed by atoms with Crippen LogP contribution in [0.4, 0.5) is 5.82 Å². The fraction of sp³-hybridized carbons (Fsp3) is 0.500. The number of aromatic nitrogens is 2. The van der Waals surface area contributed by atoms with Crippen molar-refractivity contribution in [2.24, 2.45) is 0 Å². The Morgan fingerprint density at radius 1 is 1.33 bits per heavy atom. The van der Waals surface area contributed by atoms with Crippen molar-refractivity contribution in [2.75, 3.05) is 18.9 Å². The highest BCUT2D eigenvalue weighted by Crippen LogP contribution is 1.98. The molecule has 0 saturated heterocycles. The van der Waals surface area contributed by atoms with Crippen molar-refractivity contribution >= 4 is 5.82 Å². The van der Waals surface area contributed by atoms with E-state index in [1.54, 1.807) is 12.4 Å². The van der Waals surface area contributed by atoms with Gasteiger partial charge in [-0.15, -0.1) is 0 Å². The summed E-state index contributed by atoms with van der Waals surface area (Å²) in [4.78, 5) is 8.34. The second kappa shape index (κ2) is 4.66. The van der Waals surface area contributed by atoms with Gasteiger partial charge in [0, 0.05) is 13.6 Å². The molecule has 0 aliphatic heterocycles. The van der Waals surface area contributed by atoms with Crippen molar-refractivity contribution in [3.8, 4) is 0 Å². The normalized spacial score (nSPS) is 9.83. The molecule has 0 aliphatic rings. The lowest BCUT2D eigenvalue weighted by Gasteiger charge is -2.01. The molecule has 0 bridgehead atoms. The minimum absolute atomic E-state index is 0.785. The van der Waals surface area contributed by atoms with Crippen LogP contribution in [0.2, 0.25) is 0 Å². The molecule has 1 rings (SSSR count). The van der Waals surface area contributed by atoms with E-state index in [1.807, 2.05) is 7.05 Å². The third-order valence-electron chi connectivity index (χ3n) is 1.52. The van der Waals surface area contributed by atoms with Gasteiger partial charge in [0.1, 0.15) is 5.82 Å². The zero-order valence-electron chi connectivity index (χ0n) is 7.46. The average Bonchev–Trinajstić information content (AvgIpc) is 2.15. The van der Waals surface area contributed by atoms with E-state index in [1.165, 1.54) is 0 Å². The molecule has 0 fully saturated rings. The van der Waals surface area contributed by atoms with E-state index in [9.17, 15) is 0 Å². The molecular weight excluding hydrogens is 152 g/mol. The zero-order valence-corrected chi connectivity index (χ0v) is 7.46. The van der Waals surface area contributed by atoms with Gasteiger partial charge < -0.3 is 10.6 Å². The fourth-order valence-electron chi connectivity index (χ4n) is 0.828. The zero-order chi connectivity index (χ0) is 8.81. The van der Waals surface area contributed by atoms with Crippen LogP contribution in [-0.2, 0) is 6.54 Å². The SMILES string of the molecule is CCNCc1cnc(NC)cn1. The second-order valence-electron chi connectivity index (χ2n) is 2.42. The second-order valence-corrected chi connectivity index (χ2v) is 2.42. The van der Waals surface area contributed by atoms with Crippen LogP contribution in [0.1, 0.15) is 12.6 Å². The Balaban J connectivity index is 2.53. The van der Waals surface area contributed by atoms with Crippen LogP contribution in [0, 0.1) is 0 Å². The molecule has 4 heteroatoms. The van der Waals surface area contributed by atoms with E-state index in [0.717, 1.165) is 24.6 Å². The van der Waals surface area contributed by atoms with E-state index >= 15 is 0 Å².